The molecule has 46 heavy (non-hydrogen) atoms. The summed E-state index contributed by atoms with van der Waals surface area (Å²) in [5.74, 6) is 1.53. The number of aromatic nitrogens is 5. The van der Waals surface area contributed by atoms with Gasteiger partial charge in [-0.05, 0) is 35.7 Å². The van der Waals surface area contributed by atoms with E-state index in [1.807, 2.05) is 24.3 Å². The lowest BCUT2D eigenvalue weighted by Crippen LogP contribution is -2.02. The Labute approximate surface area is 263 Å². The van der Waals surface area contributed by atoms with Crippen molar-refractivity contribution in [3.05, 3.63) is 152 Å². The van der Waals surface area contributed by atoms with Crippen LogP contribution >= 0.6 is 0 Å². The molecule has 5 nitrogen and oxygen atoms in total. The highest BCUT2D eigenvalue weighted by Crippen LogP contribution is 2.42. The van der Waals surface area contributed by atoms with Gasteiger partial charge >= 0.3 is 0 Å². The van der Waals surface area contributed by atoms with Crippen LogP contribution in [0.1, 0.15) is 0 Å². The zero-order chi connectivity index (χ0) is 30.2. The molecule has 0 N–H and O–H groups in total. The van der Waals surface area contributed by atoms with Gasteiger partial charge in [-0.25, -0.2) is 15.0 Å². The number of pyridine rings is 1. The van der Waals surface area contributed by atoms with Gasteiger partial charge < -0.3 is 0 Å². The number of imidazole rings is 1. The van der Waals surface area contributed by atoms with Crippen LogP contribution in [0.2, 0.25) is 0 Å². The van der Waals surface area contributed by atoms with Crippen LogP contribution in [-0.4, -0.2) is 23.9 Å². The van der Waals surface area contributed by atoms with E-state index in [0.29, 0.717) is 5.82 Å². The molecule has 4 aromatic heterocycles. The van der Waals surface area contributed by atoms with E-state index in [-0.39, 0.29) is 0 Å². The third-order valence-corrected chi connectivity index (χ3v) is 9.10. The molecule has 6 aromatic carbocycles. The average Bonchev–Trinajstić information content (AvgIpc) is 3.69. The molecule has 0 unspecified atom stereocenters. The molecule has 4 heterocycles. The van der Waals surface area contributed by atoms with Crippen LogP contribution in [0.25, 0.3) is 88.6 Å². The van der Waals surface area contributed by atoms with Crippen LogP contribution in [0.15, 0.2) is 152 Å². The summed E-state index contributed by atoms with van der Waals surface area (Å²) in [6, 6.07) is 52.9. The number of fused-ring (bicyclic) bond motifs is 12. The Morgan fingerprint density at radius 1 is 0.413 bits per heavy atom. The predicted octanol–water partition coefficient (Wildman–Crippen LogP) is 10.0. The van der Waals surface area contributed by atoms with E-state index < -0.39 is 0 Å². The summed E-state index contributed by atoms with van der Waals surface area (Å²) in [5, 5.41) is 5.91. The molecule has 5 heteroatoms. The Bertz CT molecular complexity index is 2740. The first-order chi connectivity index (χ1) is 22.8. The average molecular weight is 588 g/mol. The second-order valence-electron chi connectivity index (χ2n) is 11.7. The zero-order valence-corrected chi connectivity index (χ0v) is 24.7. The van der Waals surface area contributed by atoms with Gasteiger partial charge in [0.1, 0.15) is 11.5 Å². The van der Waals surface area contributed by atoms with Crippen LogP contribution in [0.4, 0.5) is 0 Å². The van der Waals surface area contributed by atoms with E-state index in [1.54, 1.807) is 0 Å². The molecular formula is C41H25N5. The molecule has 10 rings (SSSR count). The molecule has 0 spiro atoms. The fraction of sp³-hybridized carbons (Fsp3) is 0. The smallest absolute Gasteiger partial charge is 0.162 e. The van der Waals surface area contributed by atoms with Crippen molar-refractivity contribution < 1.29 is 0 Å². The lowest BCUT2D eigenvalue weighted by Gasteiger charge is -2.13. The minimum absolute atomic E-state index is 0.695. The van der Waals surface area contributed by atoms with E-state index in [1.165, 1.54) is 21.5 Å². The van der Waals surface area contributed by atoms with Crippen LogP contribution in [-0.2, 0) is 0 Å². The van der Waals surface area contributed by atoms with Crippen molar-refractivity contribution in [3.63, 3.8) is 0 Å². The second kappa shape index (κ2) is 9.58. The maximum Gasteiger partial charge on any atom is 0.162 e. The largest absolute Gasteiger partial charge is 0.294 e. The third kappa shape index (κ3) is 3.54. The molecule has 0 aliphatic heterocycles. The Balaban J connectivity index is 1.38. The number of benzene rings is 6. The number of hydrogen-bond acceptors (Lipinski definition) is 3. The van der Waals surface area contributed by atoms with Gasteiger partial charge in [-0.3, -0.25) is 8.97 Å². The Kier molecular flexibility index (Phi) is 5.22. The van der Waals surface area contributed by atoms with Gasteiger partial charge in [0.15, 0.2) is 5.82 Å². The van der Waals surface area contributed by atoms with Gasteiger partial charge in [0.2, 0.25) is 0 Å². The molecule has 0 aliphatic rings. The highest BCUT2D eigenvalue weighted by atomic mass is 15.1. The molecule has 0 radical (unpaired) electrons. The first-order valence-electron chi connectivity index (χ1n) is 15.5. The summed E-state index contributed by atoms with van der Waals surface area (Å²) in [4.78, 5) is 15.4. The summed E-state index contributed by atoms with van der Waals surface area (Å²) in [6.45, 7) is 0. The first kappa shape index (κ1) is 25.0. The summed E-state index contributed by atoms with van der Waals surface area (Å²) >= 11 is 0. The lowest BCUT2D eigenvalue weighted by molar-refractivity contribution is 1.05. The molecule has 10 aromatic rings. The van der Waals surface area contributed by atoms with Crippen molar-refractivity contribution >= 4 is 60.2 Å². The Morgan fingerprint density at radius 2 is 1.02 bits per heavy atom. The highest BCUT2D eigenvalue weighted by molar-refractivity contribution is 6.29. The maximum atomic E-state index is 5.23. The topological polar surface area (TPSA) is 48.0 Å². The third-order valence-electron chi connectivity index (χ3n) is 9.10. The molecule has 0 saturated heterocycles. The molecule has 0 fully saturated rings. The Hall–Kier alpha value is -6.33. The number of para-hydroxylation sites is 3. The normalized spacial score (nSPS) is 11.9. The van der Waals surface area contributed by atoms with Crippen molar-refractivity contribution in [2.75, 3.05) is 0 Å². The van der Waals surface area contributed by atoms with Gasteiger partial charge in [0.25, 0.3) is 0 Å². The standard InChI is InChI=1S/C41H25N5/c1-3-13-26(14-4-1)32-25-37(44-40(42-32)27-15-5-2-6-16-27)45-33-21-11-9-19-30(33)39-35(45)23-24-36-38(39)28-17-7-8-18-29(28)41-43-31-20-10-12-22-34(31)46(36)41/h1-25H. The summed E-state index contributed by atoms with van der Waals surface area (Å²) in [5.41, 5.74) is 9.31. The van der Waals surface area contributed by atoms with Crippen molar-refractivity contribution in [1.29, 1.82) is 0 Å². The van der Waals surface area contributed by atoms with Crippen LogP contribution in [0.5, 0.6) is 0 Å². The van der Waals surface area contributed by atoms with E-state index >= 15 is 0 Å². The summed E-state index contributed by atoms with van der Waals surface area (Å²) in [7, 11) is 0. The fourth-order valence-corrected chi connectivity index (χ4v) is 7.12. The number of rotatable bonds is 3. The second-order valence-corrected chi connectivity index (χ2v) is 11.7. The van der Waals surface area contributed by atoms with Crippen LogP contribution in [0.3, 0.4) is 0 Å². The molecule has 0 atom stereocenters. The SMILES string of the molecule is c1ccc(-c2cc(-n3c4ccccc4c4c5c6ccccc6c6nc7ccccc7n6c5ccc43)nc(-c3ccccc3)n2)cc1. The molecule has 0 aliphatic carbocycles. The Morgan fingerprint density at radius 3 is 1.83 bits per heavy atom. The first-order valence-corrected chi connectivity index (χ1v) is 15.5. The number of hydrogen-bond donors (Lipinski definition) is 0. The maximum absolute atomic E-state index is 5.23. The van der Waals surface area contributed by atoms with E-state index in [2.05, 4.69) is 136 Å². The van der Waals surface area contributed by atoms with Gasteiger partial charge in [0, 0.05) is 38.7 Å². The van der Waals surface area contributed by atoms with E-state index in [4.69, 9.17) is 15.0 Å². The van der Waals surface area contributed by atoms with Gasteiger partial charge in [-0.15, -0.1) is 0 Å². The summed E-state index contributed by atoms with van der Waals surface area (Å²) < 4.78 is 4.62. The van der Waals surface area contributed by atoms with Crippen molar-refractivity contribution in [3.8, 4) is 28.5 Å². The van der Waals surface area contributed by atoms with E-state index in [9.17, 15) is 0 Å². The minimum atomic E-state index is 0.695. The summed E-state index contributed by atoms with van der Waals surface area (Å²) in [6.07, 6.45) is 0. The van der Waals surface area contributed by atoms with Crippen LogP contribution in [0, 0.1) is 0 Å². The zero-order valence-electron chi connectivity index (χ0n) is 24.7. The highest BCUT2D eigenvalue weighted by Gasteiger charge is 2.21. The van der Waals surface area contributed by atoms with Crippen molar-refractivity contribution in [2.24, 2.45) is 0 Å². The molecule has 0 saturated carbocycles. The monoisotopic (exact) mass is 587 g/mol. The minimum Gasteiger partial charge on any atom is -0.294 e. The lowest BCUT2D eigenvalue weighted by atomic mass is 10.0. The molecule has 214 valence electrons. The molecule has 0 bridgehead atoms. The van der Waals surface area contributed by atoms with Gasteiger partial charge in [0.05, 0.1) is 33.3 Å². The number of nitrogens with zero attached hydrogens (tertiary/aromatic N) is 5. The van der Waals surface area contributed by atoms with E-state index in [0.717, 1.165) is 61.3 Å². The van der Waals surface area contributed by atoms with Crippen LogP contribution < -0.4 is 0 Å². The predicted molar refractivity (Wildman–Crippen MR) is 189 cm³/mol. The molecule has 0 amide bonds. The molecular weight excluding hydrogens is 562 g/mol. The van der Waals surface area contributed by atoms with Crippen molar-refractivity contribution in [1.82, 2.24) is 23.9 Å². The van der Waals surface area contributed by atoms with Crippen molar-refractivity contribution in [2.45, 2.75) is 0 Å². The fourth-order valence-electron chi connectivity index (χ4n) is 7.12. The van der Waals surface area contributed by atoms with Gasteiger partial charge in [-0.2, -0.15) is 0 Å². The van der Waals surface area contributed by atoms with Gasteiger partial charge in [-0.1, -0.05) is 115 Å². The quantitative estimate of drug-likeness (QED) is 0.193.